The Morgan fingerprint density at radius 1 is 1.13 bits per heavy atom. The molecule has 8 N–H and O–H groups in total. The third-order valence-corrected chi connectivity index (χ3v) is 3.06. The fourth-order valence-electron chi connectivity index (χ4n) is 1.46. The number of hydrogen-bond donors (Lipinski definition) is 4. The molecule has 4 amide bonds. The Labute approximate surface area is 149 Å². The zero-order valence-electron chi connectivity index (χ0n) is 12.3. The van der Waals surface area contributed by atoms with Crippen LogP contribution < -0.4 is 50.2 Å². The van der Waals surface area contributed by atoms with Gasteiger partial charge >= 0.3 is 13.5 Å². The molecule has 0 saturated carbocycles. The molecule has 2 rings (SSSR count). The van der Waals surface area contributed by atoms with E-state index in [1.165, 1.54) is 6.20 Å². The highest BCUT2D eigenvalue weighted by Crippen LogP contribution is 2.22. The highest BCUT2D eigenvalue weighted by atomic mass is 79.9. The van der Waals surface area contributed by atoms with E-state index >= 15 is 0 Å². The lowest BCUT2D eigenvalue weighted by molar-refractivity contribution is -0.0000111. The van der Waals surface area contributed by atoms with Crippen LogP contribution in [0.1, 0.15) is 7.12 Å². The topological polar surface area (TPSA) is 196 Å². The molecule has 2 heterocycles. The second-order valence-electron chi connectivity index (χ2n) is 3.93. The van der Waals surface area contributed by atoms with E-state index in [2.05, 4.69) is 35.9 Å². The summed E-state index contributed by atoms with van der Waals surface area (Å²) in [5.74, 6) is 10.5. The number of nitrogens with two attached hydrogens (primary N) is 4. The number of anilines is 2. The Morgan fingerprint density at radius 2 is 1.74 bits per heavy atom. The van der Waals surface area contributed by atoms with Crippen molar-refractivity contribution in [1.82, 2.24) is 19.9 Å². The number of carbonyl (C=O) groups excluding carboxylic acids is 2. The molecule has 0 radical (unpaired) electrons. The van der Waals surface area contributed by atoms with Crippen molar-refractivity contribution in [3.63, 3.8) is 0 Å². The summed E-state index contributed by atoms with van der Waals surface area (Å²) in [6.07, 6.45) is 1.44. The first-order valence-electron chi connectivity index (χ1n) is 5.63. The predicted molar refractivity (Wildman–Crippen MR) is 81.4 cm³/mol. The lowest BCUT2D eigenvalue weighted by atomic mass is 10.4. The van der Waals surface area contributed by atoms with Crippen molar-refractivity contribution in [2.75, 3.05) is 10.0 Å². The van der Waals surface area contributed by atoms with Crippen molar-refractivity contribution < 1.29 is 28.0 Å². The van der Waals surface area contributed by atoms with Crippen LogP contribution >= 0.6 is 15.9 Å². The minimum absolute atomic E-state index is 0. The van der Waals surface area contributed by atoms with Gasteiger partial charge in [0.15, 0.2) is 17.0 Å². The smallest absolute Gasteiger partial charge is 1.00 e. The van der Waals surface area contributed by atoms with Gasteiger partial charge in [0.25, 0.3) is 5.95 Å². The van der Waals surface area contributed by atoms with Crippen LogP contribution in [0.2, 0.25) is 0 Å². The highest BCUT2D eigenvalue weighted by molar-refractivity contribution is 9.08. The van der Waals surface area contributed by atoms with Crippen LogP contribution in [0.4, 0.5) is 21.4 Å². The molecule has 0 saturated heterocycles. The van der Waals surface area contributed by atoms with E-state index in [-0.39, 0.29) is 41.3 Å². The van der Waals surface area contributed by atoms with Gasteiger partial charge in [-0.2, -0.15) is 15.0 Å². The first kappa shape index (κ1) is 18.9. The molecule has 2 aromatic heterocycles. The predicted octanol–water partition coefficient (Wildman–Crippen LogP) is -4.05. The van der Waals surface area contributed by atoms with Gasteiger partial charge in [-0.25, -0.2) is 36.3 Å². The van der Waals surface area contributed by atoms with Crippen molar-refractivity contribution in [2.24, 2.45) is 23.2 Å². The summed E-state index contributed by atoms with van der Waals surface area (Å²) in [6, 6.07) is -2.02. The minimum Gasteiger partial charge on any atom is -1.00 e. The molecule has 0 aliphatic heterocycles. The van der Waals surface area contributed by atoms with Crippen molar-refractivity contribution in [1.29, 1.82) is 0 Å². The fourth-order valence-corrected chi connectivity index (χ4v) is 1.73. The van der Waals surface area contributed by atoms with Gasteiger partial charge in [0.05, 0.1) is 11.9 Å². The number of carbonyl (C=O) groups is 2. The van der Waals surface area contributed by atoms with E-state index in [0.717, 1.165) is 0 Å². The molecule has 0 bridgehead atoms. The Bertz CT molecular complexity index is 762. The molecular formula is C9H12Br2N10O2. The van der Waals surface area contributed by atoms with E-state index < -0.39 is 12.1 Å². The number of amides is 4. The van der Waals surface area contributed by atoms with Crippen molar-refractivity contribution in [3.8, 4) is 0 Å². The number of hydrazine groups is 2. The molecule has 0 aromatic carbocycles. The number of primary amides is 2. The molecule has 0 atom stereocenters. The van der Waals surface area contributed by atoms with E-state index in [9.17, 15) is 9.59 Å². The first-order valence-corrected chi connectivity index (χ1v) is 6.75. The Hall–Kier alpha value is -2.16. The largest absolute Gasteiger partial charge is 1.00 e. The SMILES string of the molecule is NC(=O)N(N)c1nc(N(N)C(N)=O)c2nc(CBr)cnc2n1.[Br-].[H+]. The van der Waals surface area contributed by atoms with Crippen LogP contribution in [-0.4, -0.2) is 32.0 Å². The quantitative estimate of drug-likeness (QED) is 0.156. The standard InChI is InChI=1S/C9H11BrN10O2.BrH/c10-1-3-2-15-5-4(16-3)6(19(13)7(11)21)18-9(17-5)20(14)8(12)22;/h2H,1,13-14H2,(H2,11,21)(H2,12,22);1H. The van der Waals surface area contributed by atoms with E-state index in [4.69, 9.17) is 23.2 Å². The summed E-state index contributed by atoms with van der Waals surface area (Å²) < 4.78 is 0. The Balaban J connectivity index is 0.00000264. The number of nitrogens with zero attached hydrogens (tertiary/aromatic N) is 6. The monoisotopic (exact) mass is 450 g/mol. The van der Waals surface area contributed by atoms with Crippen LogP contribution in [0.15, 0.2) is 6.20 Å². The molecule has 2 aromatic rings. The number of hydrogen-bond acceptors (Lipinski definition) is 8. The molecule has 0 unspecified atom stereocenters. The first-order chi connectivity index (χ1) is 10.3. The van der Waals surface area contributed by atoms with Crippen LogP contribution in [0.25, 0.3) is 11.2 Å². The highest BCUT2D eigenvalue weighted by Gasteiger charge is 2.21. The van der Waals surface area contributed by atoms with Crippen molar-refractivity contribution in [3.05, 3.63) is 11.9 Å². The molecule has 0 aliphatic rings. The molecular weight excluding hydrogens is 440 g/mol. The summed E-state index contributed by atoms with van der Waals surface area (Å²) in [6.45, 7) is 0. The van der Waals surface area contributed by atoms with Gasteiger partial charge in [0.2, 0.25) is 0 Å². The van der Waals surface area contributed by atoms with E-state index in [1.54, 1.807) is 0 Å². The van der Waals surface area contributed by atoms with Crippen LogP contribution in [0.3, 0.4) is 0 Å². The summed E-state index contributed by atoms with van der Waals surface area (Å²) in [7, 11) is 0. The fraction of sp³-hybridized carbons (Fsp3) is 0.111. The van der Waals surface area contributed by atoms with E-state index in [1.807, 2.05) is 0 Å². The lowest BCUT2D eigenvalue weighted by Crippen LogP contribution is -3.00. The molecule has 0 fully saturated rings. The number of aromatic nitrogens is 4. The van der Waals surface area contributed by atoms with Gasteiger partial charge in [-0.1, -0.05) is 15.9 Å². The van der Waals surface area contributed by atoms with Crippen molar-refractivity contribution in [2.45, 2.75) is 5.33 Å². The third-order valence-electron chi connectivity index (χ3n) is 2.48. The van der Waals surface area contributed by atoms with E-state index in [0.29, 0.717) is 21.0 Å². The zero-order chi connectivity index (χ0) is 16.4. The van der Waals surface area contributed by atoms with Crippen LogP contribution in [0.5, 0.6) is 0 Å². The average Bonchev–Trinajstić information content (AvgIpc) is 2.51. The number of urea groups is 2. The third kappa shape index (κ3) is 3.79. The maximum absolute atomic E-state index is 11.3. The molecule has 12 nitrogen and oxygen atoms in total. The number of rotatable bonds is 3. The van der Waals surface area contributed by atoms with Crippen LogP contribution in [0, 0.1) is 0 Å². The second kappa shape index (κ2) is 7.40. The maximum Gasteiger partial charge on any atom is 1.00 e. The summed E-state index contributed by atoms with van der Waals surface area (Å²) in [5.41, 5.74) is 10.9. The maximum atomic E-state index is 11.3. The zero-order valence-corrected chi connectivity index (χ0v) is 14.5. The summed E-state index contributed by atoms with van der Waals surface area (Å²) >= 11 is 3.22. The molecule has 23 heavy (non-hydrogen) atoms. The number of alkyl halides is 1. The Kier molecular flexibility index (Phi) is 6.08. The minimum atomic E-state index is -1.02. The Morgan fingerprint density at radius 3 is 2.26 bits per heavy atom. The van der Waals surface area contributed by atoms with Gasteiger partial charge in [-0.05, 0) is 0 Å². The molecule has 0 spiro atoms. The van der Waals surface area contributed by atoms with Gasteiger partial charge in [-0.15, -0.1) is 0 Å². The van der Waals surface area contributed by atoms with Gasteiger partial charge in [0.1, 0.15) is 0 Å². The molecule has 0 aliphatic carbocycles. The second-order valence-corrected chi connectivity index (χ2v) is 4.49. The summed E-state index contributed by atoms with van der Waals surface area (Å²) in [5, 5.41) is 1.41. The summed E-state index contributed by atoms with van der Waals surface area (Å²) in [4.78, 5) is 38.5. The molecule has 14 heteroatoms. The van der Waals surface area contributed by atoms with Gasteiger partial charge in [-0.3, -0.25) is 0 Å². The average molecular weight is 452 g/mol. The normalized spacial score (nSPS) is 10.0. The van der Waals surface area contributed by atoms with Gasteiger partial charge in [0, 0.05) is 5.33 Å². The number of fused-ring (bicyclic) bond motifs is 1. The molecule has 124 valence electrons. The number of halogens is 2. The lowest BCUT2D eigenvalue weighted by Gasteiger charge is -2.17. The van der Waals surface area contributed by atoms with Gasteiger partial charge < -0.3 is 28.4 Å². The van der Waals surface area contributed by atoms with Crippen LogP contribution in [-0.2, 0) is 5.33 Å². The van der Waals surface area contributed by atoms with Crippen molar-refractivity contribution >= 4 is 50.9 Å².